The van der Waals surface area contributed by atoms with Gasteiger partial charge in [0.15, 0.2) is 0 Å². The lowest BCUT2D eigenvalue weighted by Crippen LogP contribution is -2.58. The number of hydrogen-bond acceptors (Lipinski definition) is 5. The van der Waals surface area contributed by atoms with Crippen molar-refractivity contribution in [2.75, 3.05) is 0 Å². The minimum atomic E-state index is -0.672. The van der Waals surface area contributed by atoms with E-state index >= 15 is 0 Å². The van der Waals surface area contributed by atoms with E-state index in [2.05, 4.69) is 26.1 Å². The Hall–Kier alpha value is -1.92. The SMILES string of the molecule is C[C@H](CCC(=O)N[C@H](C)C(=O)OCc1ccccc1)[C@H]1CCC2C3C(CC[C@@]21C)[C@@]1(C)CC[C@@H](O)CC1C[C@H]3O. The number of aliphatic hydroxyl groups is 2. The minimum Gasteiger partial charge on any atom is -0.459 e. The number of carbonyl (C=O) groups is 2. The van der Waals surface area contributed by atoms with Crippen molar-refractivity contribution in [2.45, 2.75) is 117 Å². The fourth-order valence-corrected chi connectivity index (χ4v) is 9.96. The van der Waals surface area contributed by atoms with E-state index in [1.165, 1.54) is 25.7 Å². The molecule has 3 N–H and O–H groups in total. The molecule has 6 nitrogen and oxygen atoms in total. The summed E-state index contributed by atoms with van der Waals surface area (Å²) >= 11 is 0. The van der Waals surface area contributed by atoms with Gasteiger partial charge in [-0.25, -0.2) is 4.79 Å². The van der Waals surface area contributed by atoms with Crippen LogP contribution in [0.2, 0.25) is 0 Å². The number of hydrogen-bond donors (Lipinski definition) is 3. The molecule has 222 valence electrons. The largest absolute Gasteiger partial charge is 0.459 e. The van der Waals surface area contributed by atoms with Crippen molar-refractivity contribution in [3.05, 3.63) is 35.9 Å². The van der Waals surface area contributed by atoms with E-state index in [-0.39, 0.29) is 35.6 Å². The van der Waals surface area contributed by atoms with Crippen LogP contribution in [0.1, 0.15) is 97.5 Å². The van der Waals surface area contributed by atoms with Crippen LogP contribution in [0, 0.1) is 46.3 Å². The number of fused-ring (bicyclic) bond motifs is 5. The fraction of sp³-hybridized carbons (Fsp3) is 0.765. The number of ether oxygens (including phenoxy) is 1. The second-order valence-corrected chi connectivity index (χ2v) is 14.4. The molecule has 4 fully saturated rings. The van der Waals surface area contributed by atoms with Crippen molar-refractivity contribution < 1.29 is 24.5 Å². The van der Waals surface area contributed by atoms with Crippen LogP contribution in [-0.4, -0.2) is 40.3 Å². The van der Waals surface area contributed by atoms with E-state index in [4.69, 9.17) is 4.74 Å². The van der Waals surface area contributed by atoms with Crippen LogP contribution in [0.15, 0.2) is 30.3 Å². The Morgan fingerprint density at radius 3 is 2.42 bits per heavy atom. The lowest BCUT2D eigenvalue weighted by molar-refractivity contribution is -0.174. The molecule has 40 heavy (non-hydrogen) atoms. The first-order valence-corrected chi connectivity index (χ1v) is 15.9. The predicted molar refractivity (Wildman–Crippen MR) is 155 cm³/mol. The summed E-state index contributed by atoms with van der Waals surface area (Å²) in [6.45, 7) is 9.12. The molecule has 11 atom stereocenters. The minimum absolute atomic E-state index is 0.0967. The van der Waals surface area contributed by atoms with Gasteiger partial charge in [-0.05, 0) is 117 Å². The first kappa shape index (κ1) is 29.6. The third-order valence-electron chi connectivity index (χ3n) is 12.2. The van der Waals surface area contributed by atoms with Gasteiger partial charge in [-0.3, -0.25) is 4.79 Å². The average molecular weight is 554 g/mol. The lowest BCUT2D eigenvalue weighted by Gasteiger charge is -2.62. The predicted octanol–water partition coefficient (Wildman–Crippen LogP) is 5.64. The van der Waals surface area contributed by atoms with Gasteiger partial charge in [0.2, 0.25) is 5.91 Å². The van der Waals surface area contributed by atoms with Crippen molar-refractivity contribution in [3.8, 4) is 0 Å². The molecule has 1 aromatic rings. The van der Waals surface area contributed by atoms with Gasteiger partial charge in [0, 0.05) is 6.42 Å². The zero-order valence-corrected chi connectivity index (χ0v) is 25.0. The molecule has 1 amide bonds. The molecule has 0 heterocycles. The Morgan fingerprint density at radius 2 is 1.68 bits per heavy atom. The molecule has 5 rings (SSSR count). The summed E-state index contributed by atoms with van der Waals surface area (Å²) in [5.74, 6) is 2.32. The van der Waals surface area contributed by atoms with Crippen LogP contribution in [0.5, 0.6) is 0 Å². The number of nitrogens with one attached hydrogen (secondary N) is 1. The summed E-state index contributed by atoms with van der Waals surface area (Å²) in [5.41, 5.74) is 1.36. The molecular weight excluding hydrogens is 502 g/mol. The molecule has 1 aromatic carbocycles. The van der Waals surface area contributed by atoms with Crippen LogP contribution in [0.3, 0.4) is 0 Å². The van der Waals surface area contributed by atoms with Gasteiger partial charge < -0.3 is 20.3 Å². The van der Waals surface area contributed by atoms with Crippen LogP contribution in [0.25, 0.3) is 0 Å². The molecule has 0 aromatic heterocycles. The number of esters is 1. The Balaban J connectivity index is 1.14. The van der Waals surface area contributed by atoms with E-state index in [0.717, 1.165) is 37.7 Å². The highest BCUT2D eigenvalue weighted by molar-refractivity contribution is 5.84. The zero-order valence-electron chi connectivity index (χ0n) is 25.0. The van der Waals surface area contributed by atoms with Gasteiger partial charge >= 0.3 is 5.97 Å². The maximum absolute atomic E-state index is 12.8. The normalized spacial score (nSPS) is 40.2. The number of aliphatic hydroxyl groups excluding tert-OH is 2. The first-order valence-electron chi connectivity index (χ1n) is 15.9. The first-order chi connectivity index (χ1) is 19.0. The summed E-state index contributed by atoms with van der Waals surface area (Å²) in [5, 5.41) is 24.6. The van der Waals surface area contributed by atoms with Crippen LogP contribution in [-0.2, 0) is 20.9 Å². The summed E-state index contributed by atoms with van der Waals surface area (Å²) in [7, 11) is 0. The van der Waals surface area contributed by atoms with E-state index < -0.39 is 12.0 Å². The maximum atomic E-state index is 12.8. The van der Waals surface area contributed by atoms with Crippen molar-refractivity contribution in [3.63, 3.8) is 0 Å². The monoisotopic (exact) mass is 553 g/mol. The molecular formula is C34H51NO5. The lowest BCUT2D eigenvalue weighted by atomic mass is 9.43. The van der Waals surface area contributed by atoms with Crippen molar-refractivity contribution in [1.29, 1.82) is 0 Å². The molecule has 4 unspecified atom stereocenters. The zero-order chi connectivity index (χ0) is 28.7. The molecule has 4 aliphatic carbocycles. The van der Waals surface area contributed by atoms with Gasteiger partial charge in [-0.2, -0.15) is 0 Å². The maximum Gasteiger partial charge on any atom is 0.328 e. The van der Waals surface area contributed by atoms with Gasteiger partial charge in [0.05, 0.1) is 12.2 Å². The molecule has 6 heteroatoms. The van der Waals surface area contributed by atoms with E-state index in [9.17, 15) is 19.8 Å². The number of amides is 1. The molecule has 0 saturated heterocycles. The quantitative estimate of drug-likeness (QED) is 0.362. The topological polar surface area (TPSA) is 95.9 Å². The van der Waals surface area contributed by atoms with Crippen LogP contribution < -0.4 is 5.32 Å². The van der Waals surface area contributed by atoms with Gasteiger partial charge in [0.1, 0.15) is 12.6 Å². The fourth-order valence-electron chi connectivity index (χ4n) is 9.96. The van der Waals surface area contributed by atoms with Gasteiger partial charge in [-0.1, -0.05) is 51.1 Å². The van der Waals surface area contributed by atoms with E-state index in [1.54, 1.807) is 6.92 Å². The summed E-state index contributed by atoms with van der Waals surface area (Å²) in [6, 6.07) is 8.88. The highest BCUT2D eigenvalue weighted by Gasteiger charge is 2.62. The van der Waals surface area contributed by atoms with Crippen LogP contribution in [0.4, 0.5) is 0 Å². The second kappa shape index (κ2) is 11.8. The van der Waals surface area contributed by atoms with E-state index in [1.807, 2.05) is 30.3 Å². The summed E-state index contributed by atoms with van der Waals surface area (Å²) in [6.07, 6.45) is 9.13. The third kappa shape index (κ3) is 5.60. The number of rotatable bonds is 8. The number of benzene rings is 1. The second-order valence-electron chi connectivity index (χ2n) is 14.4. The van der Waals surface area contributed by atoms with E-state index in [0.29, 0.717) is 41.9 Å². The van der Waals surface area contributed by atoms with Crippen molar-refractivity contribution in [2.24, 2.45) is 46.3 Å². The standard InChI is InChI=1S/C34H51NO5/c1-21(10-13-30(38)35-22(2)32(39)40-20-23-8-6-5-7-9-23)26-11-12-27-31-28(15-17-34(26,27)4)33(3)16-14-25(36)18-24(33)19-29(31)37/h5-9,21-22,24-29,31,36-37H,10-20H2,1-4H3,(H,35,38)/t21-,22-,24?,25-,26-,27?,28?,29-,31?,33+,34-/m1/s1. The molecule has 0 aliphatic heterocycles. The molecule has 4 aliphatic rings. The summed E-state index contributed by atoms with van der Waals surface area (Å²) < 4.78 is 5.38. The Kier molecular flexibility index (Phi) is 8.69. The third-order valence-corrected chi connectivity index (χ3v) is 12.2. The van der Waals surface area contributed by atoms with Crippen molar-refractivity contribution in [1.82, 2.24) is 5.32 Å². The molecule has 4 saturated carbocycles. The van der Waals surface area contributed by atoms with Crippen LogP contribution >= 0.6 is 0 Å². The number of carbonyl (C=O) groups excluding carboxylic acids is 2. The molecule has 0 bridgehead atoms. The molecule has 0 radical (unpaired) electrons. The van der Waals surface area contributed by atoms with Gasteiger partial charge in [0.25, 0.3) is 0 Å². The highest BCUT2D eigenvalue weighted by atomic mass is 16.5. The Bertz CT molecular complexity index is 1050. The highest BCUT2D eigenvalue weighted by Crippen LogP contribution is 2.68. The summed E-state index contributed by atoms with van der Waals surface area (Å²) in [4.78, 5) is 25.2. The Labute approximate surface area is 240 Å². The van der Waals surface area contributed by atoms with Gasteiger partial charge in [-0.15, -0.1) is 0 Å². The van der Waals surface area contributed by atoms with Crippen molar-refractivity contribution >= 4 is 11.9 Å². The molecule has 0 spiro atoms. The average Bonchev–Trinajstić information content (AvgIpc) is 3.29. The Morgan fingerprint density at radius 1 is 0.975 bits per heavy atom. The smallest absolute Gasteiger partial charge is 0.328 e.